The molecule has 220 valence electrons. The molecule has 0 aliphatic carbocycles. The van der Waals surface area contributed by atoms with Crippen molar-refractivity contribution < 1.29 is 32.2 Å². The molecule has 1 fully saturated rings. The molecule has 2 aromatic carbocycles. The number of hydrogen-bond donors (Lipinski definition) is 0. The van der Waals surface area contributed by atoms with Crippen LogP contribution in [0.2, 0.25) is 0 Å². The molecule has 2 aliphatic rings. The van der Waals surface area contributed by atoms with Crippen molar-refractivity contribution in [3.05, 3.63) is 42.0 Å². The molecule has 0 spiro atoms. The first-order valence-electron chi connectivity index (χ1n) is 13.4. The van der Waals surface area contributed by atoms with E-state index in [0.717, 1.165) is 17.7 Å². The lowest BCUT2D eigenvalue weighted by molar-refractivity contribution is 0.0933. The number of aromatic nitrogens is 1. The van der Waals surface area contributed by atoms with Crippen LogP contribution in [0.5, 0.6) is 11.5 Å². The number of hydrogen-bond acceptors (Lipinski definition) is 10. The van der Waals surface area contributed by atoms with Crippen molar-refractivity contribution in [3.63, 3.8) is 0 Å². The number of rotatable bonds is 9. The van der Waals surface area contributed by atoms with Crippen LogP contribution in [0, 0.1) is 0 Å². The van der Waals surface area contributed by atoms with Crippen molar-refractivity contribution in [1.82, 2.24) is 19.1 Å². The van der Waals surface area contributed by atoms with Crippen molar-refractivity contribution in [2.45, 2.75) is 18.2 Å². The Balaban J connectivity index is 1.33. The molecule has 1 saturated heterocycles. The van der Waals surface area contributed by atoms with Crippen molar-refractivity contribution in [2.24, 2.45) is 0 Å². The van der Waals surface area contributed by atoms with Gasteiger partial charge in [-0.05, 0) is 58.3 Å². The van der Waals surface area contributed by atoms with Gasteiger partial charge >= 0.3 is 6.09 Å². The van der Waals surface area contributed by atoms with E-state index in [2.05, 4.69) is 0 Å². The lowest BCUT2D eigenvalue weighted by atomic mass is 10.2. The highest BCUT2D eigenvalue weighted by Crippen LogP contribution is 2.40. The van der Waals surface area contributed by atoms with Gasteiger partial charge in [0.05, 0.1) is 21.7 Å². The van der Waals surface area contributed by atoms with Crippen LogP contribution in [0.15, 0.2) is 41.3 Å². The smallest absolute Gasteiger partial charge is 0.409 e. The zero-order chi connectivity index (χ0) is 29.1. The average molecular weight is 604 g/mol. The largest absolute Gasteiger partial charge is 0.454 e. The summed E-state index contributed by atoms with van der Waals surface area (Å²) in [5.41, 5.74) is 1.07. The molecule has 3 aromatic rings. The first-order valence-corrected chi connectivity index (χ1v) is 15.6. The monoisotopic (exact) mass is 603 g/mol. The molecule has 14 heteroatoms. The third-order valence-electron chi connectivity index (χ3n) is 6.84. The second kappa shape index (κ2) is 12.2. The summed E-state index contributed by atoms with van der Waals surface area (Å²) in [6.45, 7) is 4.21. The maximum atomic E-state index is 13.7. The molecule has 0 bridgehead atoms. The Labute approximate surface area is 243 Å². The predicted molar refractivity (Wildman–Crippen MR) is 154 cm³/mol. The van der Waals surface area contributed by atoms with E-state index in [1.54, 1.807) is 11.8 Å². The molecule has 2 aliphatic heterocycles. The molecule has 3 heterocycles. The van der Waals surface area contributed by atoms with Gasteiger partial charge in [0.1, 0.15) is 0 Å². The number of nitrogens with zero attached hydrogens (tertiary/aromatic N) is 5. The fourth-order valence-corrected chi connectivity index (χ4v) is 7.07. The second-order valence-electron chi connectivity index (χ2n) is 9.90. The maximum Gasteiger partial charge on any atom is 0.409 e. The van der Waals surface area contributed by atoms with Crippen LogP contribution in [-0.2, 0) is 14.8 Å². The lowest BCUT2D eigenvalue weighted by Crippen LogP contribution is -2.50. The minimum atomic E-state index is -3.79. The van der Waals surface area contributed by atoms with Crippen LogP contribution in [0.4, 0.5) is 9.93 Å². The van der Waals surface area contributed by atoms with E-state index in [4.69, 9.17) is 19.2 Å². The van der Waals surface area contributed by atoms with E-state index < -0.39 is 16.1 Å². The van der Waals surface area contributed by atoms with Gasteiger partial charge in [0, 0.05) is 50.4 Å². The van der Waals surface area contributed by atoms with Gasteiger partial charge in [-0.2, -0.15) is 4.31 Å². The maximum absolute atomic E-state index is 13.7. The number of amides is 2. The average Bonchev–Trinajstić information content (AvgIpc) is 3.59. The first-order chi connectivity index (χ1) is 19.7. The summed E-state index contributed by atoms with van der Waals surface area (Å²) < 4.78 is 44.7. The highest BCUT2D eigenvalue weighted by atomic mass is 32.2. The van der Waals surface area contributed by atoms with Gasteiger partial charge in [-0.3, -0.25) is 9.69 Å². The Hall–Kier alpha value is -3.46. The molecule has 0 atom stereocenters. The van der Waals surface area contributed by atoms with Gasteiger partial charge < -0.3 is 24.0 Å². The number of sulfonamides is 1. The fraction of sp³-hybridized carbons (Fsp3) is 0.444. The van der Waals surface area contributed by atoms with Crippen LogP contribution >= 0.6 is 11.3 Å². The molecule has 0 unspecified atom stereocenters. The number of carbonyl (C=O) groups is 2. The number of anilines is 1. The number of thiazole rings is 1. The Kier molecular flexibility index (Phi) is 8.63. The predicted octanol–water partition coefficient (Wildman–Crippen LogP) is 3.09. The molecule has 0 saturated carbocycles. The van der Waals surface area contributed by atoms with Gasteiger partial charge in [-0.1, -0.05) is 11.3 Å². The number of carbonyl (C=O) groups excluding carboxylic acids is 2. The number of benzene rings is 2. The third-order valence-corrected chi connectivity index (χ3v) is 9.79. The zero-order valence-electron chi connectivity index (χ0n) is 23.2. The van der Waals surface area contributed by atoms with E-state index in [1.165, 1.54) is 44.8 Å². The fourth-order valence-electron chi connectivity index (χ4n) is 4.65. The van der Waals surface area contributed by atoms with Crippen molar-refractivity contribution in [3.8, 4) is 11.5 Å². The van der Waals surface area contributed by atoms with E-state index in [9.17, 15) is 18.0 Å². The van der Waals surface area contributed by atoms with E-state index >= 15 is 0 Å². The standard InChI is InChI=1S/C27H33N5O7S2/c1-4-37-27(34)30-12-14-31(15-13-30)41(35,36)20-8-6-19(7-9-20)25(33)32(11-5-10-29(2)3)26-28-21-16-22-23(39-18-38-22)17-24(21)40-26/h6-9,16-17H,4-5,10-15,18H2,1-3H3. The molecule has 41 heavy (non-hydrogen) atoms. The molecule has 1 aromatic heterocycles. The topological polar surface area (TPSA) is 122 Å². The molecule has 5 rings (SSSR count). The molecular formula is C27H33N5O7S2. The number of piperazine rings is 1. The van der Waals surface area contributed by atoms with Crippen molar-refractivity contribution >= 4 is 48.7 Å². The summed E-state index contributed by atoms with van der Waals surface area (Å²) >= 11 is 1.39. The molecule has 0 radical (unpaired) electrons. The molecular weight excluding hydrogens is 570 g/mol. The van der Waals surface area contributed by atoms with Gasteiger partial charge in [-0.15, -0.1) is 0 Å². The first kappa shape index (κ1) is 29.0. The van der Waals surface area contributed by atoms with Crippen LogP contribution in [-0.4, -0.2) is 106 Å². The Morgan fingerprint density at radius 2 is 1.71 bits per heavy atom. The van der Waals surface area contributed by atoms with Gasteiger partial charge in [0.15, 0.2) is 16.6 Å². The lowest BCUT2D eigenvalue weighted by Gasteiger charge is -2.33. The highest BCUT2D eigenvalue weighted by molar-refractivity contribution is 7.89. The van der Waals surface area contributed by atoms with Gasteiger partial charge in [-0.25, -0.2) is 18.2 Å². The molecule has 0 N–H and O–H groups in total. The van der Waals surface area contributed by atoms with Crippen LogP contribution in [0.25, 0.3) is 10.2 Å². The highest BCUT2D eigenvalue weighted by Gasteiger charge is 2.31. The summed E-state index contributed by atoms with van der Waals surface area (Å²) in [7, 11) is 0.153. The van der Waals surface area contributed by atoms with E-state index in [0.29, 0.717) is 34.3 Å². The van der Waals surface area contributed by atoms with Gasteiger partial charge in [0.25, 0.3) is 5.91 Å². The summed E-state index contributed by atoms with van der Waals surface area (Å²) in [5, 5.41) is 0.545. The Morgan fingerprint density at radius 3 is 2.37 bits per heavy atom. The summed E-state index contributed by atoms with van der Waals surface area (Å²) in [6, 6.07) is 9.66. The number of ether oxygens (including phenoxy) is 3. The van der Waals surface area contributed by atoms with Crippen LogP contribution in [0.3, 0.4) is 0 Å². The molecule has 12 nitrogen and oxygen atoms in total. The quantitative estimate of drug-likeness (QED) is 0.363. The normalized spacial score (nSPS) is 15.5. The number of fused-ring (bicyclic) bond motifs is 2. The zero-order valence-corrected chi connectivity index (χ0v) is 24.9. The van der Waals surface area contributed by atoms with E-state index in [-0.39, 0.29) is 50.4 Å². The summed E-state index contributed by atoms with van der Waals surface area (Å²) in [4.78, 5) is 35.7. The van der Waals surface area contributed by atoms with Gasteiger partial charge in [0.2, 0.25) is 16.8 Å². The Bertz CT molecular complexity index is 1480. The summed E-state index contributed by atoms with van der Waals surface area (Å²) in [6.07, 6.45) is 0.281. The SMILES string of the molecule is CCOC(=O)N1CCN(S(=O)(=O)c2ccc(C(=O)N(CCCN(C)C)c3nc4cc5c(cc4s3)OCO5)cc2)CC1. The minimum absolute atomic E-state index is 0.0901. The third kappa shape index (κ3) is 6.25. The van der Waals surface area contributed by atoms with Crippen LogP contribution in [0.1, 0.15) is 23.7 Å². The molecule has 2 amide bonds. The second-order valence-corrected chi connectivity index (χ2v) is 12.8. The Morgan fingerprint density at radius 1 is 1.02 bits per heavy atom. The van der Waals surface area contributed by atoms with Crippen molar-refractivity contribution in [1.29, 1.82) is 0 Å². The van der Waals surface area contributed by atoms with Crippen molar-refractivity contribution in [2.75, 3.05) is 71.7 Å². The summed E-state index contributed by atoms with van der Waals surface area (Å²) in [5.74, 6) is 1.01. The van der Waals surface area contributed by atoms with E-state index in [1.807, 2.05) is 31.1 Å². The minimum Gasteiger partial charge on any atom is -0.454 e. The van der Waals surface area contributed by atoms with Crippen LogP contribution < -0.4 is 14.4 Å².